The molecule has 0 aromatic carbocycles. The summed E-state index contributed by atoms with van der Waals surface area (Å²) in [5.74, 6) is 4.10. The van der Waals surface area contributed by atoms with Crippen molar-refractivity contribution in [3.8, 4) is 0 Å². The van der Waals surface area contributed by atoms with E-state index in [1.807, 2.05) is 18.3 Å². The standard InChI is InChI=1S/C30H49NO2/c1-5-7-15-30(33,6-2)19-22-10-11-25-23(18-22)14-16-29(4)26(12-13-27(25)29)21(3)28(32)24-9-8-17-31-20-24/h8-9,17,20-23,25-28,32-33H,5-7,10-16,18-19H2,1-4H3/t21-,22+,23+,25+,26+,27-,28+,29+,30?/m0/s1. The Bertz CT molecular complexity index is 753. The third kappa shape index (κ3) is 5.06. The maximum absolute atomic E-state index is 11.2. The van der Waals surface area contributed by atoms with E-state index in [0.717, 1.165) is 49.0 Å². The number of unbranched alkanes of at least 4 members (excludes halogenated alkanes) is 1. The van der Waals surface area contributed by atoms with Crippen molar-refractivity contribution >= 4 is 0 Å². The van der Waals surface area contributed by atoms with Crippen LogP contribution in [0, 0.1) is 40.9 Å². The van der Waals surface area contributed by atoms with E-state index in [-0.39, 0.29) is 5.92 Å². The zero-order valence-electron chi connectivity index (χ0n) is 21.7. The maximum atomic E-state index is 11.2. The molecule has 0 aliphatic heterocycles. The molecule has 33 heavy (non-hydrogen) atoms. The lowest BCUT2D eigenvalue weighted by Gasteiger charge is -2.53. The van der Waals surface area contributed by atoms with Crippen molar-refractivity contribution in [3.63, 3.8) is 0 Å². The molecule has 3 saturated carbocycles. The minimum absolute atomic E-state index is 0.273. The van der Waals surface area contributed by atoms with Gasteiger partial charge in [-0.15, -0.1) is 0 Å². The van der Waals surface area contributed by atoms with Crippen molar-refractivity contribution < 1.29 is 10.2 Å². The summed E-state index contributed by atoms with van der Waals surface area (Å²) < 4.78 is 0. The smallest absolute Gasteiger partial charge is 0.0833 e. The Hall–Kier alpha value is -0.930. The monoisotopic (exact) mass is 455 g/mol. The molecule has 3 nitrogen and oxygen atoms in total. The predicted molar refractivity (Wildman–Crippen MR) is 136 cm³/mol. The van der Waals surface area contributed by atoms with Gasteiger partial charge in [-0.05, 0) is 110 Å². The molecule has 4 rings (SSSR count). The fourth-order valence-electron chi connectivity index (χ4n) is 8.70. The summed E-state index contributed by atoms with van der Waals surface area (Å²) in [5, 5.41) is 22.4. The molecule has 3 aliphatic rings. The van der Waals surface area contributed by atoms with Crippen LogP contribution in [-0.2, 0) is 0 Å². The van der Waals surface area contributed by atoms with E-state index in [2.05, 4.69) is 32.7 Å². The largest absolute Gasteiger partial charge is 0.390 e. The highest BCUT2D eigenvalue weighted by atomic mass is 16.3. The Balaban J connectivity index is 1.40. The van der Waals surface area contributed by atoms with Crippen molar-refractivity contribution in [1.82, 2.24) is 4.98 Å². The fourth-order valence-corrected chi connectivity index (χ4v) is 8.70. The molecule has 1 aromatic heterocycles. The summed E-state index contributed by atoms with van der Waals surface area (Å²) in [6.07, 6.45) is 17.7. The number of hydrogen-bond acceptors (Lipinski definition) is 3. The molecule has 3 aliphatic carbocycles. The van der Waals surface area contributed by atoms with Crippen molar-refractivity contribution in [2.45, 2.75) is 116 Å². The molecule has 1 unspecified atom stereocenters. The van der Waals surface area contributed by atoms with E-state index in [4.69, 9.17) is 0 Å². The van der Waals surface area contributed by atoms with Crippen LogP contribution in [-0.4, -0.2) is 20.8 Å². The van der Waals surface area contributed by atoms with Gasteiger partial charge in [0, 0.05) is 12.4 Å². The van der Waals surface area contributed by atoms with E-state index < -0.39 is 11.7 Å². The number of fused-ring (bicyclic) bond motifs is 3. The Morgan fingerprint density at radius 2 is 2.00 bits per heavy atom. The number of aliphatic hydroxyl groups is 2. The Morgan fingerprint density at radius 1 is 1.18 bits per heavy atom. The number of pyridine rings is 1. The molecule has 0 amide bonds. The quantitative estimate of drug-likeness (QED) is 0.410. The van der Waals surface area contributed by atoms with Crippen LogP contribution in [0.2, 0.25) is 0 Å². The summed E-state index contributed by atoms with van der Waals surface area (Å²) in [7, 11) is 0. The molecule has 0 saturated heterocycles. The molecule has 2 N–H and O–H groups in total. The Labute approximate surface area is 202 Å². The van der Waals surface area contributed by atoms with Gasteiger partial charge < -0.3 is 10.2 Å². The lowest BCUT2D eigenvalue weighted by molar-refractivity contribution is -0.0605. The molecule has 0 bridgehead atoms. The van der Waals surface area contributed by atoms with Crippen molar-refractivity contribution in [2.75, 3.05) is 0 Å². The number of aromatic nitrogens is 1. The number of aliphatic hydroxyl groups excluding tert-OH is 1. The van der Waals surface area contributed by atoms with Gasteiger partial charge in [0.25, 0.3) is 0 Å². The number of rotatable bonds is 9. The average Bonchev–Trinajstić information content (AvgIpc) is 3.19. The molecule has 9 atom stereocenters. The molecular formula is C30H49NO2. The molecule has 1 aromatic rings. The molecular weight excluding hydrogens is 406 g/mol. The predicted octanol–water partition coefficient (Wildman–Crippen LogP) is 7.33. The third-order valence-electron chi connectivity index (χ3n) is 10.7. The van der Waals surface area contributed by atoms with E-state index in [1.165, 1.54) is 51.4 Å². The van der Waals surface area contributed by atoms with Crippen molar-refractivity contribution in [1.29, 1.82) is 0 Å². The average molecular weight is 456 g/mol. The van der Waals surface area contributed by atoms with E-state index in [9.17, 15) is 10.2 Å². The van der Waals surface area contributed by atoms with Gasteiger partial charge in [0.2, 0.25) is 0 Å². The van der Waals surface area contributed by atoms with Crippen LogP contribution in [0.4, 0.5) is 0 Å². The van der Waals surface area contributed by atoms with Gasteiger partial charge in [0.05, 0.1) is 11.7 Å². The zero-order valence-corrected chi connectivity index (χ0v) is 21.7. The van der Waals surface area contributed by atoms with Crippen LogP contribution >= 0.6 is 0 Å². The van der Waals surface area contributed by atoms with Gasteiger partial charge in [-0.25, -0.2) is 0 Å². The fraction of sp³-hybridized carbons (Fsp3) is 0.833. The van der Waals surface area contributed by atoms with E-state index >= 15 is 0 Å². The van der Waals surface area contributed by atoms with Crippen LogP contribution in [0.5, 0.6) is 0 Å². The van der Waals surface area contributed by atoms with Crippen molar-refractivity contribution in [3.05, 3.63) is 30.1 Å². The van der Waals surface area contributed by atoms with Gasteiger partial charge in [-0.1, -0.05) is 53.0 Å². The summed E-state index contributed by atoms with van der Waals surface area (Å²) in [4.78, 5) is 4.24. The maximum Gasteiger partial charge on any atom is 0.0833 e. The summed E-state index contributed by atoms with van der Waals surface area (Å²) in [6.45, 7) is 9.24. The SMILES string of the molecule is CCCCC(O)(CC)C[C@@H]1CC[C@@H]2[C@H](CC[C@]3(C)[C@@H]([C@H](C)[C@@H](O)c4cccnc4)CC[C@@H]23)C1. The summed E-state index contributed by atoms with van der Waals surface area (Å²) in [5.41, 5.74) is 0.896. The first-order valence-corrected chi connectivity index (χ1v) is 14.1. The zero-order chi connectivity index (χ0) is 23.6. The lowest BCUT2D eigenvalue weighted by atomic mass is 9.52. The molecule has 186 valence electrons. The first-order chi connectivity index (χ1) is 15.8. The highest BCUT2D eigenvalue weighted by Gasteiger charge is 2.56. The van der Waals surface area contributed by atoms with E-state index in [1.54, 1.807) is 6.20 Å². The molecule has 3 fully saturated rings. The third-order valence-corrected chi connectivity index (χ3v) is 10.7. The summed E-state index contributed by atoms with van der Waals surface area (Å²) >= 11 is 0. The molecule has 0 spiro atoms. The first-order valence-electron chi connectivity index (χ1n) is 14.1. The summed E-state index contributed by atoms with van der Waals surface area (Å²) in [6, 6.07) is 3.97. The Morgan fingerprint density at radius 3 is 2.70 bits per heavy atom. The molecule has 1 heterocycles. The first kappa shape index (κ1) is 25.2. The second-order valence-corrected chi connectivity index (χ2v) is 12.4. The van der Waals surface area contributed by atoms with Gasteiger partial charge in [-0.2, -0.15) is 0 Å². The normalized spacial score (nSPS) is 37.6. The van der Waals surface area contributed by atoms with Crippen molar-refractivity contribution in [2.24, 2.45) is 40.9 Å². The van der Waals surface area contributed by atoms with Crippen LogP contribution in [0.1, 0.15) is 116 Å². The molecule has 0 radical (unpaired) electrons. The van der Waals surface area contributed by atoms with Gasteiger partial charge in [0.1, 0.15) is 0 Å². The van der Waals surface area contributed by atoms with Crippen LogP contribution in [0.3, 0.4) is 0 Å². The molecule has 3 heteroatoms. The second kappa shape index (κ2) is 10.4. The van der Waals surface area contributed by atoms with Gasteiger partial charge in [-0.3, -0.25) is 4.98 Å². The highest BCUT2D eigenvalue weighted by Crippen LogP contribution is 2.64. The topological polar surface area (TPSA) is 53.4 Å². The van der Waals surface area contributed by atoms with Crippen LogP contribution in [0.25, 0.3) is 0 Å². The Kier molecular flexibility index (Phi) is 7.90. The second-order valence-electron chi connectivity index (χ2n) is 12.4. The van der Waals surface area contributed by atoms with Gasteiger partial charge >= 0.3 is 0 Å². The van der Waals surface area contributed by atoms with Gasteiger partial charge in [0.15, 0.2) is 0 Å². The highest BCUT2D eigenvalue weighted by molar-refractivity contribution is 5.14. The minimum atomic E-state index is -0.437. The van der Waals surface area contributed by atoms with Crippen LogP contribution < -0.4 is 0 Å². The number of hydrogen-bond donors (Lipinski definition) is 2. The van der Waals surface area contributed by atoms with Crippen LogP contribution in [0.15, 0.2) is 24.5 Å². The lowest BCUT2D eigenvalue weighted by Crippen LogP contribution is -2.46. The number of nitrogens with zero attached hydrogens (tertiary/aromatic N) is 1. The minimum Gasteiger partial charge on any atom is -0.390 e. The van der Waals surface area contributed by atoms with E-state index in [0.29, 0.717) is 17.3 Å².